The van der Waals surface area contributed by atoms with E-state index in [9.17, 15) is 14.4 Å². The molecule has 0 aliphatic carbocycles. The Bertz CT molecular complexity index is 995. The average molecular weight is 426 g/mol. The van der Waals surface area contributed by atoms with E-state index < -0.39 is 0 Å². The molecule has 8 heteroatoms. The highest BCUT2D eigenvalue weighted by Gasteiger charge is 2.32. The van der Waals surface area contributed by atoms with Gasteiger partial charge in [-0.05, 0) is 52.2 Å². The van der Waals surface area contributed by atoms with Crippen molar-refractivity contribution in [3.05, 3.63) is 57.5 Å². The van der Waals surface area contributed by atoms with Crippen molar-refractivity contribution in [3.8, 4) is 0 Å². The summed E-state index contributed by atoms with van der Waals surface area (Å²) in [6.45, 7) is 10.0. The fraction of sp³-hybridized carbons (Fsp3) is 0.522. The maximum absolute atomic E-state index is 13.3. The van der Waals surface area contributed by atoms with Gasteiger partial charge in [0.15, 0.2) is 0 Å². The number of piperidine rings is 1. The Hall–Kier alpha value is -3.03. The number of amides is 2. The number of likely N-dealkylation sites (tertiary alicyclic amines) is 1. The van der Waals surface area contributed by atoms with Gasteiger partial charge in [0.1, 0.15) is 5.56 Å². The summed E-state index contributed by atoms with van der Waals surface area (Å²) in [5.41, 5.74) is 1.91. The molecular weight excluding hydrogens is 394 g/mol. The van der Waals surface area contributed by atoms with Crippen LogP contribution in [-0.2, 0) is 11.3 Å². The van der Waals surface area contributed by atoms with Crippen LogP contribution in [0.5, 0.6) is 0 Å². The van der Waals surface area contributed by atoms with Gasteiger partial charge in [-0.15, -0.1) is 0 Å². The molecule has 1 aliphatic heterocycles. The van der Waals surface area contributed by atoms with Crippen LogP contribution >= 0.6 is 0 Å². The van der Waals surface area contributed by atoms with E-state index in [-0.39, 0.29) is 35.4 Å². The zero-order chi connectivity index (χ0) is 22.5. The topological polar surface area (TPSA) is 88.4 Å². The van der Waals surface area contributed by atoms with Crippen LogP contribution in [0.15, 0.2) is 29.5 Å². The summed E-state index contributed by atoms with van der Waals surface area (Å²) < 4.78 is 1.49. The van der Waals surface area contributed by atoms with Crippen LogP contribution in [-0.4, -0.2) is 62.3 Å². The first-order valence-electron chi connectivity index (χ1n) is 10.9. The molecule has 1 unspecified atom stereocenters. The van der Waals surface area contributed by atoms with Crippen LogP contribution in [0.25, 0.3) is 0 Å². The largest absolute Gasteiger partial charge is 0.343 e. The molecule has 2 amide bonds. The highest BCUT2D eigenvalue weighted by molar-refractivity contribution is 5.95. The van der Waals surface area contributed by atoms with Crippen molar-refractivity contribution in [2.75, 3.05) is 26.2 Å². The zero-order valence-corrected chi connectivity index (χ0v) is 18.8. The SMILES string of the molecule is CCN(CC)C(=O)C1CCCN(C(=O)c2c(C)ccn(Cc3cnc(C)cn3)c2=O)C1. The third-order valence-electron chi connectivity index (χ3n) is 5.89. The lowest BCUT2D eigenvalue weighted by Gasteiger charge is -2.34. The minimum atomic E-state index is -0.343. The number of nitrogens with zero attached hydrogens (tertiary/aromatic N) is 5. The maximum Gasteiger partial charge on any atom is 0.264 e. The van der Waals surface area contributed by atoms with E-state index in [0.717, 1.165) is 18.5 Å². The van der Waals surface area contributed by atoms with Gasteiger partial charge in [-0.1, -0.05) is 0 Å². The van der Waals surface area contributed by atoms with Crippen molar-refractivity contribution >= 4 is 11.8 Å². The predicted octanol–water partition coefficient (Wildman–Crippen LogP) is 2.02. The molecule has 2 aromatic rings. The molecule has 3 rings (SSSR count). The molecule has 8 nitrogen and oxygen atoms in total. The molecule has 31 heavy (non-hydrogen) atoms. The first-order valence-corrected chi connectivity index (χ1v) is 10.9. The van der Waals surface area contributed by atoms with Crippen LogP contribution in [0.2, 0.25) is 0 Å². The Morgan fingerprint density at radius 1 is 1.16 bits per heavy atom. The Morgan fingerprint density at radius 3 is 2.55 bits per heavy atom. The van der Waals surface area contributed by atoms with E-state index in [2.05, 4.69) is 9.97 Å². The van der Waals surface area contributed by atoms with E-state index in [0.29, 0.717) is 37.4 Å². The van der Waals surface area contributed by atoms with Gasteiger partial charge >= 0.3 is 0 Å². The van der Waals surface area contributed by atoms with Gasteiger partial charge in [-0.2, -0.15) is 0 Å². The lowest BCUT2D eigenvalue weighted by atomic mass is 9.95. The highest BCUT2D eigenvalue weighted by Crippen LogP contribution is 2.21. The molecule has 2 aromatic heterocycles. The molecular formula is C23H31N5O3. The fourth-order valence-corrected chi connectivity index (χ4v) is 4.04. The fourth-order valence-electron chi connectivity index (χ4n) is 4.04. The number of rotatable bonds is 6. The molecule has 0 aromatic carbocycles. The van der Waals surface area contributed by atoms with Gasteiger partial charge in [0.2, 0.25) is 5.91 Å². The molecule has 0 radical (unpaired) electrons. The second-order valence-electron chi connectivity index (χ2n) is 8.06. The second-order valence-corrected chi connectivity index (χ2v) is 8.06. The minimum absolute atomic E-state index is 0.0858. The van der Waals surface area contributed by atoms with E-state index in [1.54, 1.807) is 36.5 Å². The average Bonchev–Trinajstić information content (AvgIpc) is 2.78. The van der Waals surface area contributed by atoms with Crippen molar-refractivity contribution in [3.63, 3.8) is 0 Å². The number of carbonyl (C=O) groups is 2. The van der Waals surface area contributed by atoms with Crippen molar-refractivity contribution in [2.45, 2.75) is 47.1 Å². The Balaban J connectivity index is 1.83. The van der Waals surface area contributed by atoms with Gasteiger partial charge in [-0.25, -0.2) is 0 Å². The highest BCUT2D eigenvalue weighted by atomic mass is 16.2. The quantitative estimate of drug-likeness (QED) is 0.707. The van der Waals surface area contributed by atoms with Gasteiger partial charge < -0.3 is 14.4 Å². The Kier molecular flexibility index (Phi) is 7.20. The van der Waals surface area contributed by atoms with Crippen LogP contribution in [0.4, 0.5) is 0 Å². The van der Waals surface area contributed by atoms with E-state index >= 15 is 0 Å². The molecule has 1 aliphatic rings. The molecule has 0 spiro atoms. The first-order chi connectivity index (χ1) is 14.8. The van der Waals surface area contributed by atoms with Gasteiger partial charge in [0.05, 0.1) is 30.0 Å². The number of aryl methyl sites for hydroxylation is 2. The van der Waals surface area contributed by atoms with Gasteiger partial charge in [-0.3, -0.25) is 24.4 Å². The van der Waals surface area contributed by atoms with E-state index in [4.69, 9.17) is 0 Å². The van der Waals surface area contributed by atoms with Crippen LogP contribution in [0, 0.1) is 19.8 Å². The lowest BCUT2D eigenvalue weighted by Crippen LogP contribution is -2.48. The Morgan fingerprint density at radius 2 is 1.90 bits per heavy atom. The molecule has 0 bridgehead atoms. The van der Waals surface area contributed by atoms with Crippen molar-refractivity contribution in [1.29, 1.82) is 0 Å². The van der Waals surface area contributed by atoms with Crippen molar-refractivity contribution < 1.29 is 9.59 Å². The van der Waals surface area contributed by atoms with Crippen LogP contribution < -0.4 is 5.56 Å². The molecule has 1 saturated heterocycles. The normalized spacial score (nSPS) is 16.3. The van der Waals surface area contributed by atoms with E-state index in [1.807, 2.05) is 25.7 Å². The summed E-state index contributed by atoms with van der Waals surface area (Å²) in [6, 6.07) is 1.78. The summed E-state index contributed by atoms with van der Waals surface area (Å²) in [6.07, 6.45) is 6.49. The van der Waals surface area contributed by atoms with Gasteiger partial charge in [0.25, 0.3) is 11.5 Å². The second kappa shape index (κ2) is 9.85. The summed E-state index contributed by atoms with van der Waals surface area (Å²) in [7, 11) is 0. The number of hydrogen-bond acceptors (Lipinski definition) is 5. The maximum atomic E-state index is 13.3. The summed E-state index contributed by atoms with van der Waals surface area (Å²) in [5, 5.41) is 0. The lowest BCUT2D eigenvalue weighted by molar-refractivity contribution is -0.136. The summed E-state index contributed by atoms with van der Waals surface area (Å²) >= 11 is 0. The molecule has 3 heterocycles. The predicted molar refractivity (Wildman–Crippen MR) is 118 cm³/mol. The number of hydrogen-bond donors (Lipinski definition) is 0. The first kappa shape index (κ1) is 22.7. The molecule has 0 saturated carbocycles. The summed E-state index contributed by atoms with van der Waals surface area (Å²) in [4.78, 5) is 51.3. The summed E-state index contributed by atoms with van der Waals surface area (Å²) in [5.74, 6) is -0.432. The van der Waals surface area contributed by atoms with Crippen LogP contribution in [0.1, 0.15) is 54.0 Å². The van der Waals surface area contributed by atoms with Crippen molar-refractivity contribution in [2.24, 2.45) is 5.92 Å². The zero-order valence-electron chi connectivity index (χ0n) is 18.8. The molecule has 166 valence electrons. The van der Waals surface area contributed by atoms with E-state index in [1.165, 1.54) is 4.57 Å². The van der Waals surface area contributed by atoms with Crippen LogP contribution in [0.3, 0.4) is 0 Å². The number of pyridine rings is 1. The number of carbonyl (C=O) groups excluding carboxylic acids is 2. The molecule has 1 atom stereocenters. The molecule has 1 fully saturated rings. The third-order valence-corrected chi connectivity index (χ3v) is 5.89. The Labute approximate surface area is 182 Å². The smallest absolute Gasteiger partial charge is 0.264 e. The standard InChI is InChI=1S/C23H31N5O3/c1-5-26(6-2)21(29)18-8-7-10-27(14-18)22(30)20-16(3)9-11-28(23(20)31)15-19-13-24-17(4)12-25-19/h9,11-13,18H,5-8,10,14-15H2,1-4H3. The molecule has 0 N–H and O–H groups in total. The minimum Gasteiger partial charge on any atom is -0.343 e. The third kappa shape index (κ3) is 5.00. The van der Waals surface area contributed by atoms with Gasteiger partial charge in [0, 0.05) is 38.6 Å². The van der Waals surface area contributed by atoms with Crippen molar-refractivity contribution in [1.82, 2.24) is 24.3 Å². The monoisotopic (exact) mass is 425 g/mol. The number of aromatic nitrogens is 3.